The topological polar surface area (TPSA) is 67.9 Å². The van der Waals surface area contributed by atoms with Gasteiger partial charge in [-0.15, -0.1) is 0 Å². The lowest BCUT2D eigenvalue weighted by Gasteiger charge is -2.14. The van der Waals surface area contributed by atoms with Gasteiger partial charge in [0.25, 0.3) is 0 Å². The summed E-state index contributed by atoms with van der Waals surface area (Å²) < 4.78 is 5.30. The lowest BCUT2D eigenvalue weighted by molar-refractivity contribution is 0.0526. The summed E-state index contributed by atoms with van der Waals surface area (Å²) >= 11 is 0. The molecule has 0 aliphatic carbocycles. The van der Waals surface area contributed by atoms with Gasteiger partial charge in [-0.2, -0.15) is 5.10 Å². The van der Waals surface area contributed by atoms with Gasteiger partial charge in [0.15, 0.2) is 5.65 Å². The van der Waals surface area contributed by atoms with E-state index in [1.807, 2.05) is 31.2 Å². The van der Waals surface area contributed by atoms with E-state index in [2.05, 4.69) is 33.4 Å². The van der Waals surface area contributed by atoms with Crippen LogP contribution in [0.1, 0.15) is 23.0 Å². The summed E-state index contributed by atoms with van der Waals surface area (Å²) in [6.07, 6.45) is 1.71. The van der Waals surface area contributed by atoms with Gasteiger partial charge in [-0.1, -0.05) is 42.5 Å². The Morgan fingerprint density at radius 3 is 2.76 bits per heavy atom. The van der Waals surface area contributed by atoms with Crippen molar-refractivity contribution in [2.75, 3.05) is 6.61 Å². The third-order valence-corrected chi connectivity index (χ3v) is 4.32. The van der Waals surface area contributed by atoms with E-state index in [-0.39, 0.29) is 5.97 Å². The predicted octanol–water partition coefficient (Wildman–Crippen LogP) is 4.26. The Labute approximate surface area is 144 Å². The Morgan fingerprint density at radius 1 is 1.12 bits per heavy atom. The number of pyridine rings is 1. The fourth-order valence-corrected chi connectivity index (χ4v) is 3.26. The van der Waals surface area contributed by atoms with Gasteiger partial charge >= 0.3 is 5.97 Å². The Morgan fingerprint density at radius 2 is 1.92 bits per heavy atom. The third-order valence-electron chi connectivity index (χ3n) is 4.32. The van der Waals surface area contributed by atoms with Gasteiger partial charge in [0.2, 0.25) is 0 Å². The molecule has 4 aromatic rings. The number of H-pyrrole nitrogens is 1. The lowest BCUT2D eigenvalue weighted by Crippen LogP contribution is -2.10. The number of rotatable bonds is 3. The highest BCUT2D eigenvalue weighted by molar-refractivity contribution is 6.12. The number of aromatic nitrogens is 3. The first-order chi connectivity index (χ1) is 12.2. The van der Waals surface area contributed by atoms with E-state index < -0.39 is 0 Å². The van der Waals surface area contributed by atoms with Crippen LogP contribution in [0.2, 0.25) is 0 Å². The number of hydrogen-bond acceptors (Lipinski definition) is 4. The van der Waals surface area contributed by atoms with Gasteiger partial charge in [0, 0.05) is 10.9 Å². The smallest absolute Gasteiger partial charge is 0.340 e. The first kappa shape index (κ1) is 15.3. The quantitative estimate of drug-likeness (QED) is 0.569. The minimum absolute atomic E-state index is 0.316. The van der Waals surface area contributed by atoms with E-state index >= 15 is 0 Å². The fraction of sp³-hybridized carbons (Fsp3) is 0.150. The van der Waals surface area contributed by atoms with Crippen molar-refractivity contribution in [1.29, 1.82) is 0 Å². The molecule has 0 amide bonds. The zero-order valence-electron chi connectivity index (χ0n) is 14.0. The Bertz CT molecular complexity index is 1090. The summed E-state index contributed by atoms with van der Waals surface area (Å²) in [5.74, 6) is -0.362. The van der Waals surface area contributed by atoms with Crippen LogP contribution >= 0.6 is 0 Å². The highest BCUT2D eigenvalue weighted by atomic mass is 16.5. The molecule has 0 fully saturated rings. The second-order valence-corrected chi connectivity index (χ2v) is 5.83. The summed E-state index contributed by atoms with van der Waals surface area (Å²) in [6.45, 7) is 3.94. The van der Waals surface area contributed by atoms with Crippen molar-refractivity contribution in [3.05, 3.63) is 59.9 Å². The van der Waals surface area contributed by atoms with Crippen molar-refractivity contribution in [3.8, 4) is 11.1 Å². The molecular weight excluding hydrogens is 314 g/mol. The van der Waals surface area contributed by atoms with E-state index in [0.717, 1.165) is 27.3 Å². The normalized spacial score (nSPS) is 11.1. The van der Waals surface area contributed by atoms with E-state index in [1.165, 1.54) is 0 Å². The molecule has 5 nitrogen and oxygen atoms in total. The molecule has 0 aliphatic rings. The van der Waals surface area contributed by atoms with Crippen LogP contribution in [-0.4, -0.2) is 27.8 Å². The molecule has 4 rings (SSSR count). The zero-order chi connectivity index (χ0) is 17.4. The third kappa shape index (κ3) is 2.45. The second-order valence-electron chi connectivity index (χ2n) is 5.83. The van der Waals surface area contributed by atoms with Crippen molar-refractivity contribution in [1.82, 2.24) is 15.2 Å². The number of fused-ring (bicyclic) bond motifs is 2. The SMILES string of the molecule is CCOC(=O)c1c(C)nc2[nH]ncc2c1-c1cccc2ccccc12. The van der Waals surface area contributed by atoms with Gasteiger partial charge in [-0.3, -0.25) is 5.10 Å². The molecule has 25 heavy (non-hydrogen) atoms. The number of aromatic amines is 1. The summed E-state index contributed by atoms with van der Waals surface area (Å²) in [6, 6.07) is 14.2. The van der Waals surface area contributed by atoms with E-state index in [1.54, 1.807) is 13.1 Å². The number of nitrogens with one attached hydrogen (secondary N) is 1. The Hall–Kier alpha value is -3.21. The number of benzene rings is 2. The maximum atomic E-state index is 12.7. The molecule has 0 radical (unpaired) electrons. The van der Waals surface area contributed by atoms with Gasteiger partial charge in [-0.05, 0) is 30.2 Å². The van der Waals surface area contributed by atoms with Gasteiger partial charge in [0.1, 0.15) is 0 Å². The summed E-state index contributed by atoms with van der Waals surface area (Å²) in [7, 11) is 0. The highest BCUT2D eigenvalue weighted by Crippen LogP contribution is 2.36. The van der Waals surface area contributed by atoms with Crippen LogP contribution in [-0.2, 0) is 4.74 Å². The molecule has 1 N–H and O–H groups in total. The monoisotopic (exact) mass is 331 g/mol. The molecular formula is C20H17N3O2. The fourth-order valence-electron chi connectivity index (χ4n) is 3.26. The van der Waals surface area contributed by atoms with Crippen LogP contribution in [0.5, 0.6) is 0 Å². The molecule has 0 unspecified atom stereocenters. The summed E-state index contributed by atoms with van der Waals surface area (Å²) in [5, 5.41) is 10.0. The standard InChI is InChI=1S/C20H17N3O2/c1-3-25-20(24)17-12(2)22-19-16(11-21-23-19)18(17)15-10-6-8-13-7-4-5-9-14(13)15/h4-11H,3H2,1-2H3,(H,21,22,23). The van der Waals surface area contributed by atoms with Crippen molar-refractivity contribution >= 4 is 27.8 Å². The van der Waals surface area contributed by atoms with Crippen molar-refractivity contribution in [2.24, 2.45) is 0 Å². The number of carbonyl (C=O) groups is 1. The van der Waals surface area contributed by atoms with Crippen LogP contribution < -0.4 is 0 Å². The molecule has 0 bridgehead atoms. The van der Waals surface area contributed by atoms with Gasteiger partial charge < -0.3 is 4.74 Å². The minimum Gasteiger partial charge on any atom is -0.462 e. The molecule has 124 valence electrons. The van der Waals surface area contributed by atoms with Crippen LogP contribution in [0.25, 0.3) is 32.9 Å². The molecule has 2 aromatic carbocycles. The summed E-state index contributed by atoms with van der Waals surface area (Å²) in [4.78, 5) is 17.2. The molecule has 0 spiro atoms. The number of carbonyl (C=O) groups excluding carboxylic acids is 1. The largest absolute Gasteiger partial charge is 0.462 e. The number of aryl methyl sites for hydroxylation is 1. The van der Waals surface area contributed by atoms with Gasteiger partial charge in [0.05, 0.1) is 24.1 Å². The van der Waals surface area contributed by atoms with E-state index in [0.29, 0.717) is 23.5 Å². The first-order valence-electron chi connectivity index (χ1n) is 8.19. The summed E-state index contributed by atoms with van der Waals surface area (Å²) in [5.41, 5.74) is 3.56. The maximum Gasteiger partial charge on any atom is 0.340 e. The molecule has 5 heteroatoms. The number of hydrogen-bond donors (Lipinski definition) is 1. The van der Waals surface area contributed by atoms with Crippen molar-refractivity contribution in [3.63, 3.8) is 0 Å². The Balaban J connectivity index is 2.13. The molecule has 2 aromatic heterocycles. The molecule has 0 aliphatic heterocycles. The number of ether oxygens (including phenoxy) is 1. The van der Waals surface area contributed by atoms with Crippen molar-refractivity contribution in [2.45, 2.75) is 13.8 Å². The molecule has 2 heterocycles. The van der Waals surface area contributed by atoms with Crippen LogP contribution in [0.15, 0.2) is 48.7 Å². The van der Waals surface area contributed by atoms with Crippen LogP contribution in [0.4, 0.5) is 0 Å². The highest BCUT2D eigenvalue weighted by Gasteiger charge is 2.23. The van der Waals surface area contributed by atoms with E-state index in [4.69, 9.17) is 4.74 Å². The van der Waals surface area contributed by atoms with E-state index in [9.17, 15) is 4.79 Å². The predicted molar refractivity (Wildman–Crippen MR) is 97.5 cm³/mol. The lowest BCUT2D eigenvalue weighted by atomic mass is 9.92. The zero-order valence-corrected chi connectivity index (χ0v) is 14.0. The second kappa shape index (κ2) is 6.02. The first-order valence-corrected chi connectivity index (χ1v) is 8.19. The van der Waals surface area contributed by atoms with Crippen LogP contribution in [0, 0.1) is 6.92 Å². The molecule has 0 saturated heterocycles. The molecule has 0 atom stereocenters. The average Bonchev–Trinajstić information content (AvgIpc) is 3.08. The molecule has 0 saturated carbocycles. The number of nitrogens with zero attached hydrogens (tertiary/aromatic N) is 2. The maximum absolute atomic E-state index is 12.7. The minimum atomic E-state index is -0.362. The Kier molecular flexibility index (Phi) is 3.69. The number of esters is 1. The van der Waals surface area contributed by atoms with Crippen molar-refractivity contribution < 1.29 is 9.53 Å². The van der Waals surface area contributed by atoms with Crippen LogP contribution in [0.3, 0.4) is 0 Å². The van der Waals surface area contributed by atoms with Gasteiger partial charge in [-0.25, -0.2) is 9.78 Å². The average molecular weight is 331 g/mol.